The number of nitrogens with one attached hydrogen (secondary N) is 1. The molecule has 0 aliphatic heterocycles. The highest BCUT2D eigenvalue weighted by Gasteiger charge is 2.40. The molecule has 1 amide bonds. The zero-order valence-electron chi connectivity index (χ0n) is 11.7. The van der Waals surface area contributed by atoms with E-state index >= 15 is 0 Å². The summed E-state index contributed by atoms with van der Waals surface area (Å²) < 4.78 is 0. The number of rotatable bonds is 4. The lowest BCUT2D eigenvalue weighted by molar-refractivity contribution is -0.117. The predicted molar refractivity (Wildman–Crippen MR) is 77.3 cm³/mol. The van der Waals surface area contributed by atoms with Gasteiger partial charge in [-0.15, -0.1) is 0 Å². The van der Waals surface area contributed by atoms with Crippen LogP contribution in [-0.4, -0.2) is 22.1 Å². The number of carbonyl (C=O) groups is 2. The Labute approximate surface area is 123 Å². The Morgan fingerprint density at radius 2 is 2.05 bits per heavy atom. The summed E-state index contributed by atoms with van der Waals surface area (Å²) in [7, 11) is 0. The standard InChI is InChI=1S/C16H19NO4/c18-14-8-12(3-4-13(14)16(20)21)17-15(19)7-11-6-9-1-2-10(11)5-9/h3-4,8-11,18H,1-2,5-7H2,(H,17,19)(H,20,21). The number of carboxylic acids is 1. The molecule has 5 nitrogen and oxygen atoms in total. The number of anilines is 1. The molecule has 1 aromatic carbocycles. The molecular weight excluding hydrogens is 270 g/mol. The highest BCUT2D eigenvalue weighted by Crippen LogP contribution is 2.49. The van der Waals surface area contributed by atoms with Gasteiger partial charge in [0.25, 0.3) is 0 Å². The van der Waals surface area contributed by atoms with E-state index in [4.69, 9.17) is 5.11 Å². The van der Waals surface area contributed by atoms with Crippen LogP contribution in [0.3, 0.4) is 0 Å². The van der Waals surface area contributed by atoms with Gasteiger partial charge < -0.3 is 15.5 Å². The van der Waals surface area contributed by atoms with Gasteiger partial charge in [-0.1, -0.05) is 6.42 Å². The molecule has 1 aromatic rings. The Bertz CT molecular complexity index is 584. The third-order valence-corrected chi connectivity index (χ3v) is 4.84. The number of aromatic carboxylic acids is 1. The molecule has 5 heteroatoms. The van der Waals surface area contributed by atoms with Gasteiger partial charge in [-0.2, -0.15) is 0 Å². The maximum absolute atomic E-state index is 12.1. The van der Waals surface area contributed by atoms with Crippen molar-refractivity contribution in [2.45, 2.75) is 32.1 Å². The summed E-state index contributed by atoms with van der Waals surface area (Å²) in [5.74, 6) is 0.411. The molecule has 3 rings (SSSR count). The van der Waals surface area contributed by atoms with E-state index in [1.54, 1.807) is 0 Å². The number of amides is 1. The van der Waals surface area contributed by atoms with Crippen LogP contribution >= 0.6 is 0 Å². The number of hydrogen-bond acceptors (Lipinski definition) is 3. The summed E-state index contributed by atoms with van der Waals surface area (Å²) in [5, 5.41) is 21.2. The number of fused-ring (bicyclic) bond motifs is 2. The third kappa shape index (κ3) is 2.86. The van der Waals surface area contributed by atoms with Crippen LogP contribution in [-0.2, 0) is 4.79 Å². The molecule has 2 saturated carbocycles. The Morgan fingerprint density at radius 1 is 1.24 bits per heavy atom. The predicted octanol–water partition coefficient (Wildman–Crippen LogP) is 2.86. The lowest BCUT2D eigenvalue weighted by Crippen LogP contribution is -2.20. The highest BCUT2D eigenvalue weighted by atomic mass is 16.4. The summed E-state index contributed by atoms with van der Waals surface area (Å²) in [6, 6.07) is 4.08. The number of aromatic hydroxyl groups is 1. The van der Waals surface area contributed by atoms with E-state index in [2.05, 4.69) is 5.32 Å². The molecule has 0 heterocycles. The molecule has 0 spiro atoms. The first-order valence-corrected chi connectivity index (χ1v) is 7.39. The smallest absolute Gasteiger partial charge is 0.339 e. The van der Waals surface area contributed by atoms with E-state index in [1.165, 1.54) is 37.5 Å². The summed E-state index contributed by atoms with van der Waals surface area (Å²) in [5.41, 5.74) is 0.270. The van der Waals surface area contributed by atoms with Crippen molar-refractivity contribution >= 4 is 17.6 Å². The van der Waals surface area contributed by atoms with Gasteiger partial charge in [0.1, 0.15) is 11.3 Å². The van der Waals surface area contributed by atoms with Crippen molar-refractivity contribution in [3.8, 4) is 5.75 Å². The summed E-state index contributed by atoms with van der Waals surface area (Å²) in [4.78, 5) is 22.9. The fraction of sp³-hybridized carbons (Fsp3) is 0.500. The number of phenols is 1. The van der Waals surface area contributed by atoms with Gasteiger partial charge >= 0.3 is 5.97 Å². The van der Waals surface area contributed by atoms with Crippen LogP contribution in [0.1, 0.15) is 42.5 Å². The second-order valence-electron chi connectivity index (χ2n) is 6.22. The average molecular weight is 289 g/mol. The molecule has 0 radical (unpaired) electrons. The molecule has 2 bridgehead atoms. The van der Waals surface area contributed by atoms with Crippen molar-refractivity contribution in [1.29, 1.82) is 0 Å². The number of benzene rings is 1. The van der Waals surface area contributed by atoms with Crippen LogP contribution < -0.4 is 5.32 Å². The highest BCUT2D eigenvalue weighted by molar-refractivity contribution is 5.94. The minimum Gasteiger partial charge on any atom is -0.507 e. The van der Waals surface area contributed by atoms with Crippen LogP contribution in [0.15, 0.2) is 18.2 Å². The van der Waals surface area contributed by atoms with E-state index in [1.807, 2.05) is 0 Å². The minimum atomic E-state index is -1.19. The molecule has 3 N–H and O–H groups in total. The first-order chi connectivity index (χ1) is 10.0. The lowest BCUT2D eigenvalue weighted by Gasteiger charge is -2.20. The topological polar surface area (TPSA) is 86.6 Å². The molecule has 3 atom stereocenters. The summed E-state index contributed by atoms with van der Waals surface area (Å²) in [6.07, 6.45) is 5.50. The first-order valence-electron chi connectivity index (χ1n) is 7.39. The molecule has 0 aromatic heterocycles. The lowest BCUT2D eigenvalue weighted by atomic mass is 9.86. The normalized spacial score (nSPS) is 26.8. The van der Waals surface area contributed by atoms with Gasteiger partial charge in [-0.3, -0.25) is 4.79 Å². The van der Waals surface area contributed by atoms with Crippen molar-refractivity contribution in [3.05, 3.63) is 23.8 Å². The zero-order valence-corrected chi connectivity index (χ0v) is 11.7. The van der Waals surface area contributed by atoms with Crippen LogP contribution in [0, 0.1) is 17.8 Å². The van der Waals surface area contributed by atoms with Gasteiger partial charge in [0, 0.05) is 18.2 Å². The molecular formula is C16H19NO4. The van der Waals surface area contributed by atoms with Gasteiger partial charge in [-0.05, 0) is 49.1 Å². The average Bonchev–Trinajstić information content (AvgIpc) is 3.00. The Balaban J connectivity index is 1.60. The van der Waals surface area contributed by atoms with Crippen LogP contribution in [0.25, 0.3) is 0 Å². The van der Waals surface area contributed by atoms with Crippen molar-refractivity contribution in [3.63, 3.8) is 0 Å². The molecule has 3 unspecified atom stereocenters. The third-order valence-electron chi connectivity index (χ3n) is 4.84. The number of carbonyl (C=O) groups excluding carboxylic acids is 1. The fourth-order valence-electron chi connectivity index (χ4n) is 3.87. The van der Waals surface area contributed by atoms with Gasteiger partial charge in [-0.25, -0.2) is 4.79 Å². The molecule has 2 aliphatic rings. The van der Waals surface area contributed by atoms with Crippen molar-refractivity contribution in [1.82, 2.24) is 0 Å². The molecule has 21 heavy (non-hydrogen) atoms. The largest absolute Gasteiger partial charge is 0.507 e. The SMILES string of the molecule is O=C(CC1CC2CCC1C2)Nc1ccc(C(=O)O)c(O)c1. The van der Waals surface area contributed by atoms with E-state index in [-0.39, 0.29) is 17.2 Å². The second-order valence-corrected chi connectivity index (χ2v) is 6.22. The van der Waals surface area contributed by atoms with Gasteiger partial charge in [0.05, 0.1) is 0 Å². The summed E-state index contributed by atoms with van der Waals surface area (Å²) in [6.45, 7) is 0. The summed E-state index contributed by atoms with van der Waals surface area (Å²) >= 11 is 0. The first kappa shape index (κ1) is 13.9. The van der Waals surface area contributed by atoms with E-state index in [0.717, 1.165) is 12.3 Å². The Morgan fingerprint density at radius 3 is 2.62 bits per heavy atom. The van der Waals surface area contributed by atoms with E-state index in [9.17, 15) is 14.7 Å². The van der Waals surface area contributed by atoms with Crippen LogP contribution in [0.5, 0.6) is 5.75 Å². The number of carboxylic acid groups (broad SMARTS) is 1. The Hall–Kier alpha value is -2.04. The van der Waals surface area contributed by atoms with Crippen LogP contribution in [0.2, 0.25) is 0 Å². The number of hydrogen-bond donors (Lipinski definition) is 3. The minimum absolute atomic E-state index is 0.0602. The maximum Gasteiger partial charge on any atom is 0.339 e. The quantitative estimate of drug-likeness (QED) is 0.795. The van der Waals surface area contributed by atoms with Crippen molar-refractivity contribution in [2.24, 2.45) is 17.8 Å². The molecule has 2 fully saturated rings. The van der Waals surface area contributed by atoms with Gasteiger partial charge in [0.15, 0.2) is 0 Å². The molecule has 112 valence electrons. The monoisotopic (exact) mass is 289 g/mol. The van der Waals surface area contributed by atoms with Crippen LogP contribution in [0.4, 0.5) is 5.69 Å². The molecule has 0 saturated heterocycles. The van der Waals surface area contributed by atoms with Crippen molar-refractivity contribution < 1.29 is 19.8 Å². The maximum atomic E-state index is 12.1. The van der Waals surface area contributed by atoms with E-state index in [0.29, 0.717) is 23.9 Å². The second kappa shape index (κ2) is 5.39. The Kier molecular flexibility index (Phi) is 3.57. The van der Waals surface area contributed by atoms with Crippen molar-refractivity contribution in [2.75, 3.05) is 5.32 Å². The van der Waals surface area contributed by atoms with E-state index < -0.39 is 5.97 Å². The fourth-order valence-corrected chi connectivity index (χ4v) is 3.87. The zero-order chi connectivity index (χ0) is 15.0. The van der Waals surface area contributed by atoms with Gasteiger partial charge in [0.2, 0.25) is 5.91 Å². The molecule has 2 aliphatic carbocycles.